The van der Waals surface area contributed by atoms with Crippen LogP contribution in [0.4, 0.5) is 5.69 Å². The number of nitro benzene ring substituents is 1. The first-order chi connectivity index (χ1) is 9.70. The zero-order valence-electron chi connectivity index (χ0n) is 10.6. The molecule has 0 bridgehead atoms. The van der Waals surface area contributed by atoms with Crippen molar-refractivity contribution in [2.75, 3.05) is 13.1 Å². The number of nitro groups is 1. The maximum absolute atomic E-state index is 12.3. The maximum atomic E-state index is 12.3. The molecule has 21 heavy (non-hydrogen) atoms. The van der Waals surface area contributed by atoms with Gasteiger partial charge in [-0.25, -0.2) is 8.42 Å². The van der Waals surface area contributed by atoms with Crippen molar-refractivity contribution in [1.29, 1.82) is 0 Å². The highest BCUT2D eigenvalue weighted by Crippen LogP contribution is 2.28. The van der Waals surface area contributed by atoms with Crippen LogP contribution in [0.2, 0.25) is 5.02 Å². The van der Waals surface area contributed by atoms with E-state index in [4.69, 9.17) is 16.7 Å². The van der Waals surface area contributed by atoms with Gasteiger partial charge in [-0.3, -0.25) is 14.9 Å². The molecule has 0 radical (unpaired) electrons. The van der Waals surface area contributed by atoms with Gasteiger partial charge in [-0.1, -0.05) is 17.7 Å². The minimum Gasteiger partial charge on any atom is -0.480 e. The number of sulfonamides is 1. The van der Waals surface area contributed by atoms with Gasteiger partial charge < -0.3 is 5.11 Å². The van der Waals surface area contributed by atoms with Gasteiger partial charge in [0, 0.05) is 12.6 Å². The molecule has 1 aromatic carbocycles. The Balaban J connectivity index is 3.34. The molecule has 114 valence electrons. The van der Waals surface area contributed by atoms with Gasteiger partial charge in [0.05, 0.1) is 9.82 Å². The number of aliphatic carboxylic acids is 1. The van der Waals surface area contributed by atoms with Crippen LogP contribution in [-0.2, 0) is 14.8 Å². The molecule has 0 amide bonds. The van der Waals surface area contributed by atoms with Crippen molar-refractivity contribution in [3.63, 3.8) is 0 Å². The number of benzene rings is 1. The summed E-state index contributed by atoms with van der Waals surface area (Å²) in [6, 6.07) is 2.93. The van der Waals surface area contributed by atoms with Crippen LogP contribution in [0.25, 0.3) is 0 Å². The highest BCUT2D eigenvalue weighted by atomic mass is 35.5. The van der Waals surface area contributed by atoms with Gasteiger partial charge in [0.2, 0.25) is 10.0 Å². The van der Waals surface area contributed by atoms with Crippen molar-refractivity contribution >= 4 is 33.3 Å². The number of hydrogen-bond acceptors (Lipinski definition) is 5. The number of nitrogens with zero attached hydrogens (tertiary/aromatic N) is 2. The molecule has 8 nitrogen and oxygen atoms in total. The van der Waals surface area contributed by atoms with Gasteiger partial charge in [-0.05, 0) is 12.1 Å². The molecule has 0 aliphatic carbocycles. The topological polar surface area (TPSA) is 118 Å². The summed E-state index contributed by atoms with van der Waals surface area (Å²) in [7, 11) is -4.21. The Morgan fingerprint density at radius 1 is 1.52 bits per heavy atom. The molecule has 0 saturated heterocycles. The number of carbonyl (C=O) groups is 1. The standard InChI is InChI=1S/C11H11ClN2O6S/c1-2-5-13(7-11(15)16)21(19,20)8-3-4-9(12)10(6-8)14(17)18/h2-4,6H,1,5,7H2,(H,15,16). The largest absolute Gasteiger partial charge is 0.480 e. The SMILES string of the molecule is C=CCN(CC(=O)O)S(=O)(=O)c1ccc(Cl)c([N+](=O)[O-])c1. The lowest BCUT2D eigenvalue weighted by atomic mass is 10.3. The second kappa shape index (κ2) is 6.66. The third kappa shape index (κ3) is 4.00. The van der Waals surface area contributed by atoms with E-state index in [1.165, 1.54) is 6.08 Å². The Morgan fingerprint density at radius 2 is 2.14 bits per heavy atom. The first-order valence-corrected chi connectivity index (χ1v) is 7.28. The van der Waals surface area contributed by atoms with E-state index < -0.39 is 38.0 Å². The number of hydrogen-bond donors (Lipinski definition) is 1. The normalized spacial score (nSPS) is 11.3. The van der Waals surface area contributed by atoms with Crippen LogP contribution in [0.3, 0.4) is 0 Å². The third-order valence-electron chi connectivity index (χ3n) is 2.40. The second-order valence-corrected chi connectivity index (χ2v) is 6.20. The monoisotopic (exact) mass is 334 g/mol. The third-order valence-corrected chi connectivity index (χ3v) is 4.52. The van der Waals surface area contributed by atoms with Crippen molar-refractivity contribution in [1.82, 2.24) is 4.31 Å². The zero-order valence-corrected chi connectivity index (χ0v) is 12.2. The average Bonchev–Trinajstić information content (AvgIpc) is 2.37. The van der Waals surface area contributed by atoms with Crippen molar-refractivity contribution in [3.8, 4) is 0 Å². The predicted octanol–water partition coefficient (Wildman–Crippen LogP) is 1.51. The highest BCUT2D eigenvalue weighted by molar-refractivity contribution is 7.89. The summed E-state index contributed by atoms with van der Waals surface area (Å²) < 4.78 is 25.2. The Hall–Kier alpha value is -1.97. The van der Waals surface area contributed by atoms with E-state index in [9.17, 15) is 23.3 Å². The average molecular weight is 335 g/mol. The maximum Gasteiger partial charge on any atom is 0.318 e. The summed E-state index contributed by atoms with van der Waals surface area (Å²) in [5, 5.41) is 19.3. The summed E-state index contributed by atoms with van der Waals surface area (Å²) >= 11 is 5.61. The fourth-order valence-corrected chi connectivity index (χ4v) is 3.05. The number of carboxylic acids is 1. The van der Waals surface area contributed by atoms with Crippen LogP contribution >= 0.6 is 11.6 Å². The van der Waals surface area contributed by atoms with Crippen molar-refractivity contribution < 1.29 is 23.2 Å². The first-order valence-electron chi connectivity index (χ1n) is 5.47. The van der Waals surface area contributed by atoms with Crippen molar-refractivity contribution in [3.05, 3.63) is 46.0 Å². The Bertz CT molecular complexity index is 688. The Kier molecular flexibility index (Phi) is 5.41. The van der Waals surface area contributed by atoms with E-state index >= 15 is 0 Å². The minimum absolute atomic E-state index is 0.215. The van der Waals surface area contributed by atoms with Crippen LogP contribution in [0.1, 0.15) is 0 Å². The van der Waals surface area contributed by atoms with Gasteiger partial charge in [0.25, 0.3) is 5.69 Å². The van der Waals surface area contributed by atoms with Gasteiger partial charge >= 0.3 is 5.97 Å². The number of halogens is 1. The molecule has 0 unspecified atom stereocenters. The molecular formula is C11H11ClN2O6S. The number of rotatable bonds is 7. The van der Waals surface area contributed by atoms with Gasteiger partial charge in [-0.15, -0.1) is 6.58 Å². The Morgan fingerprint density at radius 3 is 2.62 bits per heavy atom. The van der Waals surface area contributed by atoms with Crippen LogP contribution in [0, 0.1) is 10.1 Å². The highest BCUT2D eigenvalue weighted by Gasteiger charge is 2.28. The van der Waals surface area contributed by atoms with Gasteiger partial charge in [0.1, 0.15) is 11.6 Å². The van der Waals surface area contributed by atoms with E-state index in [2.05, 4.69) is 6.58 Å². The van der Waals surface area contributed by atoms with Crippen molar-refractivity contribution in [2.45, 2.75) is 4.90 Å². The molecule has 0 spiro atoms. The van der Waals surface area contributed by atoms with E-state index in [0.29, 0.717) is 4.31 Å². The summed E-state index contributed by atoms with van der Waals surface area (Å²) in [6.07, 6.45) is 1.21. The quantitative estimate of drug-likeness (QED) is 0.458. The fraction of sp³-hybridized carbons (Fsp3) is 0.182. The summed E-state index contributed by atoms with van der Waals surface area (Å²) in [4.78, 5) is 20.3. The van der Waals surface area contributed by atoms with Gasteiger partial charge in [-0.2, -0.15) is 4.31 Å². The van der Waals surface area contributed by atoms with E-state index in [1.54, 1.807) is 0 Å². The number of carboxylic acid groups (broad SMARTS) is 1. The fourth-order valence-electron chi connectivity index (χ4n) is 1.48. The van der Waals surface area contributed by atoms with E-state index in [-0.39, 0.29) is 11.6 Å². The second-order valence-electron chi connectivity index (χ2n) is 3.85. The zero-order chi connectivity index (χ0) is 16.2. The molecule has 0 atom stereocenters. The molecule has 0 aromatic heterocycles. The van der Waals surface area contributed by atoms with Crippen molar-refractivity contribution in [2.24, 2.45) is 0 Å². The summed E-state index contributed by atoms with van der Waals surface area (Å²) in [5.41, 5.74) is -0.577. The van der Waals surface area contributed by atoms with Crippen LogP contribution < -0.4 is 0 Å². The molecule has 0 aliphatic rings. The lowest BCUT2D eigenvalue weighted by Gasteiger charge is -2.18. The first kappa shape index (κ1) is 17.1. The molecule has 1 rings (SSSR count). The predicted molar refractivity (Wildman–Crippen MR) is 74.7 cm³/mol. The molecule has 0 fully saturated rings. The lowest BCUT2D eigenvalue weighted by Crippen LogP contribution is -2.35. The molecule has 0 heterocycles. The summed E-state index contributed by atoms with van der Waals surface area (Å²) in [5.74, 6) is -1.36. The molecule has 1 aromatic rings. The molecule has 10 heteroatoms. The van der Waals surface area contributed by atoms with Crippen LogP contribution in [0.5, 0.6) is 0 Å². The van der Waals surface area contributed by atoms with E-state index in [0.717, 1.165) is 18.2 Å². The van der Waals surface area contributed by atoms with Crippen LogP contribution in [-0.4, -0.2) is 41.8 Å². The summed E-state index contributed by atoms with van der Waals surface area (Å²) in [6.45, 7) is 2.31. The van der Waals surface area contributed by atoms with Crippen LogP contribution in [0.15, 0.2) is 35.7 Å². The van der Waals surface area contributed by atoms with E-state index in [1.807, 2.05) is 0 Å². The molecule has 1 N–H and O–H groups in total. The van der Waals surface area contributed by atoms with Gasteiger partial charge in [0.15, 0.2) is 0 Å². The lowest BCUT2D eigenvalue weighted by molar-refractivity contribution is -0.384. The smallest absolute Gasteiger partial charge is 0.318 e. The Labute approximate surface area is 125 Å². The molecule has 0 saturated carbocycles. The molecular weight excluding hydrogens is 324 g/mol. The molecule has 0 aliphatic heterocycles. The minimum atomic E-state index is -4.21.